The highest BCUT2D eigenvalue weighted by molar-refractivity contribution is 5.33. The first-order chi connectivity index (χ1) is 13.7. The minimum absolute atomic E-state index is 0.0653. The van der Waals surface area contributed by atoms with E-state index in [-0.39, 0.29) is 6.10 Å². The zero-order chi connectivity index (χ0) is 19.6. The van der Waals surface area contributed by atoms with Gasteiger partial charge in [-0.3, -0.25) is 0 Å². The second-order valence-corrected chi connectivity index (χ2v) is 8.23. The Morgan fingerprint density at radius 1 is 0.893 bits per heavy atom. The average molecular weight is 382 g/mol. The lowest BCUT2D eigenvalue weighted by molar-refractivity contribution is 0.176. The molecule has 3 heteroatoms. The van der Waals surface area contributed by atoms with E-state index in [1.807, 2.05) is 30.3 Å². The van der Waals surface area contributed by atoms with E-state index in [1.165, 1.54) is 37.9 Å². The quantitative estimate of drug-likeness (QED) is 0.464. The highest BCUT2D eigenvalue weighted by Gasteiger charge is 2.15. The summed E-state index contributed by atoms with van der Waals surface area (Å²) in [6, 6.07) is 18.6. The van der Waals surface area contributed by atoms with Crippen LogP contribution in [0.2, 0.25) is 0 Å². The van der Waals surface area contributed by atoms with Crippen LogP contribution in [-0.4, -0.2) is 31.1 Å². The van der Waals surface area contributed by atoms with Crippen molar-refractivity contribution in [3.05, 3.63) is 60.2 Å². The second-order valence-electron chi connectivity index (χ2n) is 8.23. The molecule has 1 aliphatic heterocycles. The topological polar surface area (TPSA) is 21.7 Å². The molecule has 0 saturated carbocycles. The number of likely N-dealkylation sites (tertiary alicyclic amines) is 1. The zero-order valence-electron chi connectivity index (χ0n) is 17.5. The van der Waals surface area contributed by atoms with Crippen molar-refractivity contribution in [1.29, 1.82) is 0 Å². The molecule has 28 heavy (non-hydrogen) atoms. The first kappa shape index (κ1) is 20.7. The number of hydrogen-bond acceptors (Lipinski definition) is 3. The number of hydrogen-bond donors (Lipinski definition) is 0. The van der Waals surface area contributed by atoms with Crippen molar-refractivity contribution < 1.29 is 9.47 Å². The average Bonchev–Trinajstić information content (AvgIpc) is 2.72. The summed E-state index contributed by atoms with van der Waals surface area (Å²) >= 11 is 0. The van der Waals surface area contributed by atoms with Crippen molar-refractivity contribution in [1.82, 2.24) is 4.90 Å². The molecule has 0 aliphatic carbocycles. The Morgan fingerprint density at radius 2 is 1.64 bits per heavy atom. The molecule has 152 valence electrons. The summed E-state index contributed by atoms with van der Waals surface area (Å²) in [5, 5.41) is 0. The van der Waals surface area contributed by atoms with E-state index in [0.717, 1.165) is 37.5 Å². The second kappa shape index (κ2) is 11.1. The Balaban J connectivity index is 1.52. The summed E-state index contributed by atoms with van der Waals surface area (Å²) in [5.74, 6) is 2.34. The molecule has 1 aliphatic rings. The lowest BCUT2D eigenvalue weighted by atomic mass is 9.99. The summed E-state index contributed by atoms with van der Waals surface area (Å²) in [7, 11) is 0. The normalized spacial score (nSPS) is 16.1. The van der Waals surface area contributed by atoms with Crippen molar-refractivity contribution in [2.45, 2.75) is 52.1 Å². The number of benzene rings is 2. The van der Waals surface area contributed by atoms with E-state index in [9.17, 15) is 0 Å². The molecular weight excluding hydrogens is 346 g/mol. The Morgan fingerprint density at radius 3 is 2.39 bits per heavy atom. The van der Waals surface area contributed by atoms with Gasteiger partial charge in [-0.2, -0.15) is 0 Å². The maximum atomic E-state index is 6.37. The fourth-order valence-corrected chi connectivity index (χ4v) is 3.81. The van der Waals surface area contributed by atoms with E-state index >= 15 is 0 Å². The maximum Gasteiger partial charge on any atom is 0.124 e. The third-order valence-electron chi connectivity index (χ3n) is 5.28. The van der Waals surface area contributed by atoms with E-state index in [2.05, 4.69) is 43.0 Å². The summed E-state index contributed by atoms with van der Waals surface area (Å²) in [6.45, 7) is 8.87. The van der Waals surface area contributed by atoms with Crippen LogP contribution < -0.4 is 9.47 Å². The first-order valence-electron chi connectivity index (χ1n) is 10.9. The van der Waals surface area contributed by atoms with Crippen LogP contribution in [0.5, 0.6) is 11.5 Å². The molecule has 1 unspecified atom stereocenters. The van der Waals surface area contributed by atoms with Crippen molar-refractivity contribution in [3.8, 4) is 11.5 Å². The molecule has 3 rings (SSSR count). The van der Waals surface area contributed by atoms with Crippen molar-refractivity contribution in [2.75, 3.05) is 26.2 Å². The van der Waals surface area contributed by atoms with E-state index < -0.39 is 0 Å². The zero-order valence-corrected chi connectivity index (χ0v) is 17.5. The van der Waals surface area contributed by atoms with Gasteiger partial charge in [0, 0.05) is 12.6 Å². The molecule has 0 aromatic heterocycles. The number of rotatable bonds is 10. The van der Waals surface area contributed by atoms with Gasteiger partial charge in [-0.1, -0.05) is 56.7 Å². The summed E-state index contributed by atoms with van der Waals surface area (Å²) in [5.41, 5.74) is 1.23. The van der Waals surface area contributed by atoms with Gasteiger partial charge in [-0.15, -0.1) is 0 Å². The van der Waals surface area contributed by atoms with Gasteiger partial charge >= 0.3 is 0 Å². The van der Waals surface area contributed by atoms with E-state index in [0.29, 0.717) is 5.92 Å². The molecule has 0 radical (unpaired) electrons. The van der Waals surface area contributed by atoms with Crippen molar-refractivity contribution in [2.24, 2.45) is 5.92 Å². The highest BCUT2D eigenvalue weighted by atomic mass is 16.5. The summed E-state index contributed by atoms with van der Waals surface area (Å²) in [4.78, 5) is 2.56. The van der Waals surface area contributed by atoms with Gasteiger partial charge in [0.25, 0.3) is 0 Å². The predicted molar refractivity (Wildman–Crippen MR) is 116 cm³/mol. The number of piperidine rings is 1. The molecule has 2 aromatic rings. The third-order valence-corrected chi connectivity index (χ3v) is 5.28. The van der Waals surface area contributed by atoms with Crippen LogP contribution in [0.3, 0.4) is 0 Å². The molecule has 3 nitrogen and oxygen atoms in total. The van der Waals surface area contributed by atoms with Crippen molar-refractivity contribution in [3.63, 3.8) is 0 Å². The highest BCUT2D eigenvalue weighted by Crippen LogP contribution is 2.29. The molecular formula is C25H35NO2. The molecule has 1 heterocycles. The smallest absolute Gasteiger partial charge is 0.124 e. The molecule has 0 spiro atoms. The SMILES string of the molecule is CC(C)CC(Oc1cccc(OCCCN2CCCCC2)c1)c1ccccc1. The standard InChI is InChI=1S/C25H35NO2/c1-21(2)19-25(22-11-5-3-6-12-22)28-24-14-9-13-23(20-24)27-18-10-17-26-15-7-4-8-16-26/h3,5-6,9,11-14,20-21,25H,4,7-8,10,15-19H2,1-2H3. The molecule has 1 atom stereocenters. The molecule has 2 aromatic carbocycles. The Kier molecular flexibility index (Phi) is 8.23. The summed E-state index contributed by atoms with van der Waals surface area (Å²) in [6.07, 6.45) is 6.21. The number of ether oxygens (including phenoxy) is 2. The number of nitrogens with zero attached hydrogens (tertiary/aromatic N) is 1. The Labute approximate surface area is 170 Å². The van der Waals surface area contributed by atoms with Gasteiger partial charge in [-0.05, 0) is 62.4 Å². The van der Waals surface area contributed by atoms with Crippen LogP contribution in [0, 0.1) is 5.92 Å². The molecule has 1 saturated heterocycles. The fraction of sp³-hybridized carbons (Fsp3) is 0.520. The van der Waals surface area contributed by atoms with E-state index in [4.69, 9.17) is 9.47 Å². The Bertz CT molecular complexity index is 680. The maximum absolute atomic E-state index is 6.37. The molecule has 0 N–H and O–H groups in total. The largest absolute Gasteiger partial charge is 0.493 e. The molecule has 0 amide bonds. The minimum Gasteiger partial charge on any atom is -0.493 e. The van der Waals surface area contributed by atoms with Gasteiger partial charge in [0.1, 0.15) is 17.6 Å². The predicted octanol–water partition coefficient (Wildman–Crippen LogP) is 6.11. The van der Waals surface area contributed by atoms with Gasteiger partial charge in [0.05, 0.1) is 6.61 Å². The lowest BCUT2D eigenvalue weighted by Crippen LogP contribution is -2.31. The van der Waals surface area contributed by atoms with Crippen molar-refractivity contribution >= 4 is 0 Å². The van der Waals surface area contributed by atoms with Crippen LogP contribution in [0.4, 0.5) is 0 Å². The van der Waals surface area contributed by atoms with Gasteiger partial charge < -0.3 is 14.4 Å². The monoisotopic (exact) mass is 381 g/mol. The van der Waals surface area contributed by atoms with Crippen LogP contribution in [-0.2, 0) is 0 Å². The van der Waals surface area contributed by atoms with Gasteiger partial charge in [0.2, 0.25) is 0 Å². The van der Waals surface area contributed by atoms with Crippen LogP contribution in [0.15, 0.2) is 54.6 Å². The van der Waals surface area contributed by atoms with Gasteiger partial charge in [-0.25, -0.2) is 0 Å². The van der Waals surface area contributed by atoms with Crippen LogP contribution in [0.25, 0.3) is 0 Å². The van der Waals surface area contributed by atoms with Gasteiger partial charge in [0.15, 0.2) is 0 Å². The fourth-order valence-electron chi connectivity index (χ4n) is 3.81. The van der Waals surface area contributed by atoms with E-state index in [1.54, 1.807) is 0 Å². The molecule has 1 fully saturated rings. The Hall–Kier alpha value is -2.00. The van der Waals surface area contributed by atoms with Crippen LogP contribution >= 0.6 is 0 Å². The third kappa shape index (κ3) is 6.87. The van der Waals surface area contributed by atoms with Crippen LogP contribution in [0.1, 0.15) is 57.6 Å². The first-order valence-corrected chi connectivity index (χ1v) is 10.9. The molecule has 0 bridgehead atoms. The lowest BCUT2D eigenvalue weighted by Gasteiger charge is -2.26. The minimum atomic E-state index is 0.0653. The summed E-state index contributed by atoms with van der Waals surface area (Å²) < 4.78 is 12.4.